The molecule has 0 fully saturated rings. The summed E-state index contributed by atoms with van der Waals surface area (Å²) in [6.45, 7) is 5.81. The monoisotopic (exact) mass is 373 g/mol. The van der Waals surface area contributed by atoms with Gasteiger partial charge in [0.05, 0.1) is 6.04 Å². The highest BCUT2D eigenvalue weighted by atomic mass is 35.5. The Morgan fingerprint density at radius 1 is 1.19 bits per heavy atom. The van der Waals surface area contributed by atoms with Crippen molar-refractivity contribution in [2.45, 2.75) is 33.2 Å². The zero-order valence-electron chi connectivity index (χ0n) is 15.2. The minimum Gasteiger partial charge on any atom is -0.440 e. The average Bonchev–Trinajstić information content (AvgIpc) is 2.95. The SMILES string of the molecule is CC(C)(C)[C@H](N)C(=O)Nc1ccc2nc(Cc3ccccc3)oc2c1.Cl. The first kappa shape index (κ1) is 19.9. The highest BCUT2D eigenvalue weighted by Gasteiger charge is 2.27. The van der Waals surface area contributed by atoms with Crippen molar-refractivity contribution in [3.05, 3.63) is 60.0 Å². The summed E-state index contributed by atoms with van der Waals surface area (Å²) < 4.78 is 5.83. The van der Waals surface area contributed by atoms with Crippen LogP contribution in [0.4, 0.5) is 5.69 Å². The van der Waals surface area contributed by atoms with E-state index in [4.69, 9.17) is 10.2 Å². The summed E-state index contributed by atoms with van der Waals surface area (Å²) in [5, 5.41) is 2.85. The van der Waals surface area contributed by atoms with Crippen LogP contribution in [0, 0.1) is 5.41 Å². The molecule has 1 aromatic heterocycles. The topological polar surface area (TPSA) is 81.2 Å². The number of nitrogens with zero attached hydrogens (tertiary/aromatic N) is 1. The molecule has 0 aliphatic carbocycles. The van der Waals surface area contributed by atoms with Gasteiger partial charge >= 0.3 is 0 Å². The summed E-state index contributed by atoms with van der Waals surface area (Å²) in [5.74, 6) is 0.437. The van der Waals surface area contributed by atoms with Crippen LogP contribution in [-0.2, 0) is 11.2 Å². The van der Waals surface area contributed by atoms with Crippen molar-refractivity contribution in [2.75, 3.05) is 5.32 Å². The van der Waals surface area contributed by atoms with E-state index in [2.05, 4.69) is 10.3 Å². The lowest BCUT2D eigenvalue weighted by Gasteiger charge is -2.25. The number of aromatic nitrogens is 1. The molecule has 0 unspecified atom stereocenters. The van der Waals surface area contributed by atoms with Gasteiger partial charge in [-0.2, -0.15) is 0 Å². The molecule has 1 heterocycles. The van der Waals surface area contributed by atoms with Crippen LogP contribution in [0.2, 0.25) is 0 Å². The van der Waals surface area contributed by atoms with Crippen LogP contribution in [-0.4, -0.2) is 16.9 Å². The predicted molar refractivity (Wildman–Crippen MR) is 107 cm³/mol. The van der Waals surface area contributed by atoms with Crippen LogP contribution in [0.1, 0.15) is 32.2 Å². The van der Waals surface area contributed by atoms with Crippen LogP contribution in [0.5, 0.6) is 0 Å². The van der Waals surface area contributed by atoms with Gasteiger partial charge in [0.15, 0.2) is 11.5 Å². The van der Waals surface area contributed by atoms with Crippen LogP contribution in [0.25, 0.3) is 11.1 Å². The number of oxazole rings is 1. The molecule has 3 aromatic rings. The molecule has 26 heavy (non-hydrogen) atoms. The van der Waals surface area contributed by atoms with Crippen molar-refractivity contribution in [2.24, 2.45) is 11.1 Å². The first-order valence-electron chi connectivity index (χ1n) is 8.33. The highest BCUT2D eigenvalue weighted by molar-refractivity contribution is 5.96. The summed E-state index contributed by atoms with van der Waals surface area (Å²) in [4.78, 5) is 16.8. The number of halogens is 1. The van der Waals surface area contributed by atoms with Gasteiger partial charge in [0, 0.05) is 18.2 Å². The molecule has 1 atom stereocenters. The van der Waals surface area contributed by atoms with Gasteiger partial charge in [0.2, 0.25) is 5.91 Å². The van der Waals surface area contributed by atoms with Gasteiger partial charge < -0.3 is 15.5 Å². The van der Waals surface area contributed by atoms with Crippen LogP contribution in [0.15, 0.2) is 52.9 Å². The molecule has 0 radical (unpaired) electrons. The van der Waals surface area contributed by atoms with Crippen LogP contribution < -0.4 is 11.1 Å². The first-order chi connectivity index (χ1) is 11.8. The second-order valence-electron chi connectivity index (χ2n) is 7.29. The Labute approximate surface area is 159 Å². The number of nitrogens with one attached hydrogen (secondary N) is 1. The lowest BCUT2D eigenvalue weighted by Crippen LogP contribution is -2.45. The molecular weight excluding hydrogens is 350 g/mol. The van der Waals surface area contributed by atoms with Gasteiger partial charge in [-0.1, -0.05) is 51.1 Å². The Kier molecular flexibility index (Phi) is 6.05. The molecule has 3 rings (SSSR count). The summed E-state index contributed by atoms with van der Waals surface area (Å²) in [6.07, 6.45) is 0.631. The number of anilines is 1. The molecule has 0 saturated carbocycles. The number of hydrogen-bond donors (Lipinski definition) is 2. The maximum absolute atomic E-state index is 12.3. The molecule has 0 saturated heterocycles. The van der Waals surface area contributed by atoms with Gasteiger partial charge in [-0.3, -0.25) is 4.79 Å². The Morgan fingerprint density at radius 2 is 1.88 bits per heavy atom. The second kappa shape index (κ2) is 7.89. The number of carbonyl (C=O) groups is 1. The third-order valence-electron chi connectivity index (χ3n) is 4.11. The molecule has 6 heteroatoms. The van der Waals surface area contributed by atoms with Gasteiger partial charge in [0.25, 0.3) is 0 Å². The van der Waals surface area contributed by atoms with Crippen molar-refractivity contribution in [1.82, 2.24) is 4.98 Å². The van der Waals surface area contributed by atoms with E-state index >= 15 is 0 Å². The smallest absolute Gasteiger partial charge is 0.241 e. The summed E-state index contributed by atoms with van der Waals surface area (Å²) >= 11 is 0. The van der Waals surface area contributed by atoms with E-state index in [1.54, 1.807) is 6.07 Å². The Balaban J connectivity index is 0.00000243. The zero-order chi connectivity index (χ0) is 18.0. The second-order valence-corrected chi connectivity index (χ2v) is 7.29. The fourth-order valence-corrected chi connectivity index (χ4v) is 2.51. The highest BCUT2D eigenvalue weighted by Crippen LogP contribution is 2.23. The number of fused-ring (bicyclic) bond motifs is 1. The van der Waals surface area contributed by atoms with E-state index in [9.17, 15) is 4.79 Å². The molecule has 0 aliphatic rings. The molecule has 2 aromatic carbocycles. The fourth-order valence-electron chi connectivity index (χ4n) is 2.51. The first-order valence-corrected chi connectivity index (χ1v) is 8.33. The largest absolute Gasteiger partial charge is 0.440 e. The Hall–Kier alpha value is -2.37. The van der Waals surface area contributed by atoms with E-state index in [-0.39, 0.29) is 23.7 Å². The molecular formula is C20H24ClN3O2. The van der Waals surface area contributed by atoms with Crippen molar-refractivity contribution < 1.29 is 9.21 Å². The number of amides is 1. The number of rotatable bonds is 4. The summed E-state index contributed by atoms with van der Waals surface area (Å²) in [7, 11) is 0. The third kappa shape index (κ3) is 4.62. The maximum Gasteiger partial charge on any atom is 0.241 e. The zero-order valence-corrected chi connectivity index (χ0v) is 16.0. The minimum absolute atomic E-state index is 0. The summed E-state index contributed by atoms with van der Waals surface area (Å²) in [5.41, 5.74) is 8.90. The van der Waals surface area contributed by atoms with Gasteiger partial charge in [0.1, 0.15) is 5.52 Å². The quantitative estimate of drug-likeness (QED) is 0.719. The van der Waals surface area contributed by atoms with Crippen LogP contribution in [0.3, 0.4) is 0 Å². The summed E-state index contributed by atoms with van der Waals surface area (Å²) in [6, 6.07) is 14.9. The van der Waals surface area contributed by atoms with E-state index in [1.807, 2.05) is 63.2 Å². The predicted octanol–water partition coefficient (Wildman–Crippen LogP) is 4.15. The van der Waals surface area contributed by atoms with E-state index in [0.717, 1.165) is 11.1 Å². The molecule has 138 valence electrons. The normalized spacial score (nSPS) is 12.5. The van der Waals surface area contributed by atoms with Crippen molar-refractivity contribution in [3.8, 4) is 0 Å². The average molecular weight is 374 g/mol. The van der Waals surface area contributed by atoms with Crippen molar-refractivity contribution in [1.29, 1.82) is 0 Å². The van der Waals surface area contributed by atoms with Crippen LogP contribution >= 0.6 is 12.4 Å². The third-order valence-corrected chi connectivity index (χ3v) is 4.11. The molecule has 3 N–H and O–H groups in total. The number of benzene rings is 2. The van der Waals surface area contributed by atoms with E-state index < -0.39 is 6.04 Å². The van der Waals surface area contributed by atoms with E-state index in [0.29, 0.717) is 23.6 Å². The minimum atomic E-state index is -0.591. The Bertz CT molecular complexity index is 885. The fraction of sp³-hybridized carbons (Fsp3) is 0.300. The van der Waals surface area contributed by atoms with Crippen molar-refractivity contribution >= 4 is 35.1 Å². The molecule has 0 bridgehead atoms. The molecule has 5 nitrogen and oxygen atoms in total. The van der Waals surface area contributed by atoms with E-state index in [1.165, 1.54) is 0 Å². The Morgan fingerprint density at radius 3 is 2.54 bits per heavy atom. The van der Waals surface area contributed by atoms with Gasteiger partial charge in [-0.15, -0.1) is 12.4 Å². The standard InChI is InChI=1S/C20H23N3O2.ClH/c1-20(2,3)18(21)19(24)22-14-9-10-15-16(12-14)25-17(23-15)11-13-7-5-4-6-8-13;/h4-10,12,18H,11,21H2,1-3H3,(H,22,24);1H/t18-;/m1./s1. The lowest BCUT2D eigenvalue weighted by atomic mass is 9.87. The van der Waals surface area contributed by atoms with Gasteiger partial charge in [-0.05, 0) is 23.1 Å². The number of hydrogen-bond acceptors (Lipinski definition) is 4. The molecule has 0 aliphatic heterocycles. The maximum atomic E-state index is 12.3. The number of nitrogens with two attached hydrogens (primary N) is 1. The lowest BCUT2D eigenvalue weighted by molar-refractivity contribution is -0.119. The number of carbonyl (C=O) groups excluding carboxylic acids is 1. The molecule has 1 amide bonds. The van der Waals surface area contributed by atoms with Crippen molar-refractivity contribution in [3.63, 3.8) is 0 Å². The molecule has 0 spiro atoms. The van der Waals surface area contributed by atoms with Gasteiger partial charge in [-0.25, -0.2) is 4.98 Å².